The van der Waals surface area contributed by atoms with E-state index in [0.717, 1.165) is 0 Å². The van der Waals surface area contributed by atoms with Gasteiger partial charge in [-0.2, -0.15) is 8.42 Å². The highest BCUT2D eigenvalue weighted by molar-refractivity contribution is 7.79. The summed E-state index contributed by atoms with van der Waals surface area (Å²) >= 11 is 0. The summed E-state index contributed by atoms with van der Waals surface area (Å²) in [6.07, 6.45) is 0. The Kier molecular flexibility index (Phi) is 364. The Morgan fingerprint density at radius 1 is 0.471 bits per heavy atom. The first-order chi connectivity index (χ1) is 8.00. The molecule has 0 aliphatic carbocycles. The maximum atomic E-state index is 8.74. The van der Waals surface area contributed by atoms with Gasteiger partial charge >= 0.3 is 10.4 Å². The van der Waals surface area contributed by atoms with Crippen LogP contribution in [0.3, 0.4) is 0 Å². The molecule has 0 radical (unpaired) electrons. The van der Waals surface area contributed by atoms with Crippen molar-refractivity contribution in [2.45, 2.75) is 0 Å². The minimum Gasteiger partial charge on any atom is -0.264 e. The summed E-state index contributed by atoms with van der Waals surface area (Å²) in [5, 5.41) is 0. The fraction of sp³-hybridized carbons (Fsp3) is 0. The topological polar surface area (TPSA) is 74.6 Å². The van der Waals surface area contributed by atoms with Crippen molar-refractivity contribution in [1.29, 1.82) is 0 Å². The van der Waals surface area contributed by atoms with Crippen molar-refractivity contribution in [3.8, 4) is 0 Å². The van der Waals surface area contributed by atoms with Crippen molar-refractivity contribution in [2.75, 3.05) is 0 Å². The molecule has 104 valence electrons. The van der Waals surface area contributed by atoms with E-state index in [1.165, 1.54) is 0 Å². The highest BCUT2D eigenvalue weighted by atomic mass is 32.3. The molecule has 5 heteroatoms. The van der Waals surface area contributed by atoms with Crippen molar-refractivity contribution in [1.82, 2.24) is 0 Å². The molecule has 0 aromatic carbocycles. The first-order valence-electron chi connectivity index (χ1n) is 3.70. The zero-order chi connectivity index (χ0) is 16.5. The lowest BCUT2D eigenvalue weighted by Gasteiger charge is -1.68. The zero-order valence-corrected chi connectivity index (χ0v) is 11.4. The Morgan fingerprint density at radius 2 is 0.471 bits per heavy atom. The van der Waals surface area contributed by atoms with Crippen LogP contribution in [0, 0.1) is 0 Å². The second-order valence-corrected chi connectivity index (χ2v) is 1.34. The van der Waals surface area contributed by atoms with Crippen molar-refractivity contribution in [2.24, 2.45) is 0 Å². The molecule has 0 fully saturated rings. The van der Waals surface area contributed by atoms with Crippen LogP contribution in [-0.4, -0.2) is 17.5 Å². The summed E-state index contributed by atoms with van der Waals surface area (Å²) < 4.78 is 31.6. The summed E-state index contributed by atoms with van der Waals surface area (Å²) in [5.74, 6) is 0. The molecule has 0 spiro atoms. The second kappa shape index (κ2) is 136. The minimum atomic E-state index is -4.67. The largest absolute Gasteiger partial charge is 0.394 e. The predicted molar refractivity (Wildman–Crippen MR) is 81.7 cm³/mol. The molecule has 0 aliphatic rings. The molecular weight excluding hydrogens is 240 g/mol. The monoisotopic (exact) mass is 266 g/mol. The van der Waals surface area contributed by atoms with Crippen LogP contribution in [0.2, 0.25) is 0 Å². The van der Waals surface area contributed by atoms with Gasteiger partial charge in [-0.05, 0) is 0 Å². The molecule has 0 saturated carbocycles. The molecule has 0 saturated heterocycles. The fourth-order valence-electron chi connectivity index (χ4n) is 0. The molecular formula is C12H26O4S. The summed E-state index contributed by atoms with van der Waals surface area (Å²) in [6, 6.07) is 0. The Balaban J connectivity index is -0.0000000147. The Labute approximate surface area is 107 Å². The van der Waals surface area contributed by atoms with Crippen molar-refractivity contribution in [3.63, 3.8) is 0 Å². The molecule has 4 nitrogen and oxygen atoms in total. The second-order valence-electron chi connectivity index (χ2n) is 0.448. The highest BCUT2D eigenvalue weighted by Gasteiger charge is 1.84. The van der Waals surface area contributed by atoms with Crippen molar-refractivity contribution >= 4 is 10.4 Å². The highest BCUT2D eigenvalue weighted by Crippen LogP contribution is 1.59. The number of rotatable bonds is 0. The predicted octanol–water partition coefficient (Wildman–Crippen LogP) is 4.16. The van der Waals surface area contributed by atoms with Crippen LogP contribution in [-0.2, 0) is 10.4 Å². The van der Waals surface area contributed by atoms with Gasteiger partial charge in [-0.15, -0.1) is 78.9 Å². The van der Waals surface area contributed by atoms with Crippen molar-refractivity contribution < 1.29 is 17.5 Å². The molecule has 0 atom stereocenters. The zero-order valence-electron chi connectivity index (χ0n) is 10.6. The maximum absolute atomic E-state index is 8.74. The van der Waals surface area contributed by atoms with Gasteiger partial charge in [0.15, 0.2) is 0 Å². The van der Waals surface area contributed by atoms with E-state index in [1.54, 1.807) is 0 Å². The van der Waals surface area contributed by atoms with Crippen molar-refractivity contribution in [3.05, 3.63) is 78.9 Å². The van der Waals surface area contributed by atoms with Gasteiger partial charge in [0.2, 0.25) is 0 Å². The molecule has 0 rings (SSSR count). The standard InChI is InChI=1S/6C2H4.H2O4S/c6*1-2;1-5(2,3)4/h6*1-2H2;(H2,1,2,3,4). The van der Waals surface area contributed by atoms with Crippen LogP contribution < -0.4 is 0 Å². The van der Waals surface area contributed by atoms with Crippen LogP contribution in [0.5, 0.6) is 0 Å². The smallest absolute Gasteiger partial charge is 0.264 e. The molecule has 0 bridgehead atoms. The summed E-state index contributed by atoms with van der Waals surface area (Å²) in [5.41, 5.74) is 0. The van der Waals surface area contributed by atoms with Crippen LogP contribution in [0.1, 0.15) is 0 Å². The van der Waals surface area contributed by atoms with E-state index in [-0.39, 0.29) is 0 Å². The van der Waals surface area contributed by atoms with E-state index in [9.17, 15) is 0 Å². The SMILES string of the molecule is C=C.C=C.C=C.C=C.C=C.C=C.O=S(=O)(O)O. The lowest BCUT2D eigenvalue weighted by Crippen LogP contribution is -1.89. The summed E-state index contributed by atoms with van der Waals surface area (Å²) in [4.78, 5) is 0. The van der Waals surface area contributed by atoms with Gasteiger partial charge in [0.25, 0.3) is 0 Å². The average molecular weight is 266 g/mol. The lowest BCUT2D eigenvalue weighted by atomic mass is 11.3. The van der Waals surface area contributed by atoms with Gasteiger partial charge in [-0.25, -0.2) is 0 Å². The van der Waals surface area contributed by atoms with Gasteiger partial charge in [-0.1, -0.05) is 0 Å². The molecule has 0 heterocycles. The third kappa shape index (κ3) is 759. The average Bonchev–Trinajstić information content (AvgIpc) is 2.41. The van der Waals surface area contributed by atoms with E-state index < -0.39 is 10.4 Å². The Morgan fingerprint density at radius 3 is 0.471 bits per heavy atom. The third-order valence-electron chi connectivity index (χ3n) is 0. The van der Waals surface area contributed by atoms with Crippen LogP contribution >= 0.6 is 0 Å². The normalized spacial score (nSPS) is 4.82. The molecule has 17 heavy (non-hydrogen) atoms. The first kappa shape index (κ1) is 45.4. The van der Waals surface area contributed by atoms with Gasteiger partial charge in [-0.3, -0.25) is 9.11 Å². The minimum absolute atomic E-state index is 3.00. The van der Waals surface area contributed by atoms with Gasteiger partial charge < -0.3 is 0 Å². The summed E-state index contributed by atoms with van der Waals surface area (Å²) in [7, 11) is -4.67. The first-order valence-corrected chi connectivity index (χ1v) is 5.10. The maximum Gasteiger partial charge on any atom is 0.394 e. The quantitative estimate of drug-likeness (QED) is 0.510. The molecule has 0 aromatic heterocycles. The van der Waals surface area contributed by atoms with Gasteiger partial charge in [0, 0.05) is 0 Å². The molecule has 0 unspecified atom stereocenters. The van der Waals surface area contributed by atoms with E-state index in [0.29, 0.717) is 0 Å². The lowest BCUT2D eigenvalue weighted by molar-refractivity contribution is 0.381. The van der Waals surface area contributed by atoms with Crippen LogP contribution in [0.4, 0.5) is 0 Å². The van der Waals surface area contributed by atoms with E-state index in [1.807, 2.05) is 0 Å². The Bertz CT molecular complexity index is 153. The Hall–Kier alpha value is -1.69. The van der Waals surface area contributed by atoms with E-state index in [4.69, 9.17) is 17.5 Å². The van der Waals surface area contributed by atoms with Crippen LogP contribution in [0.25, 0.3) is 0 Å². The van der Waals surface area contributed by atoms with Crippen LogP contribution in [0.15, 0.2) is 78.9 Å². The van der Waals surface area contributed by atoms with E-state index in [2.05, 4.69) is 78.9 Å². The molecule has 0 aliphatic heterocycles. The van der Waals surface area contributed by atoms with Gasteiger partial charge in [0.05, 0.1) is 0 Å². The van der Waals surface area contributed by atoms with Gasteiger partial charge in [0.1, 0.15) is 0 Å². The molecule has 0 aromatic rings. The summed E-state index contributed by atoms with van der Waals surface area (Å²) in [6.45, 7) is 36.0. The molecule has 2 N–H and O–H groups in total. The number of hydrogen-bond acceptors (Lipinski definition) is 2. The van der Waals surface area contributed by atoms with E-state index >= 15 is 0 Å². The fourth-order valence-corrected chi connectivity index (χ4v) is 0. The third-order valence-corrected chi connectivity index (χ3v) is 0. The number of hydrogen-bond donors (Lipinski definition) is 2. The molecule has 0 amide bonds.